The molecule has 0 spiro atoms. The van der Waals surface area contributed by atoms with E-state index in [4.69, 9.17) is 11.6 Å². The predicted octanol–water partition coefficient (Wildman–Crippen LogP) is 3.72. The second kappa shape index (κ2) is 4.89. The number of fused-ring (bicyclic) bond motifs is 1. The van der Waals surface area contributed by atoms with E-state index in [-0.39, 0.29) is 9.92 Å². The van der Waals surface area contributed by atoms with Gasteiger partial charge in [0.2, 0.25) is 9.84 Å². The van der Waals surface area contributed by atoms with Gasteiger partial charge in [-0.1, -0.05) is 29.8 Å². The normalized spacial score (nSPS) is 11.7. The Morgan fingerprint density at radius 1 is 0.900 bits per heavy atom. The van der Waals surface area contributed by atoms with Crippen LogP contribution in [0.25, 0.3) is 10.9 Å². The fourth-order valence-electron chi connectivity index (χ4n) is 1.95. The van der Waals surface area contributed by atoms with E-state index in [9.17, 15) is 8.42 Å². The molecule has 0 amide bonds. The van der Waals surface area contributed by atoms with Crippen molar-refractivity contribution in [1.29, 1.82) is 0 Å². The van der Waals surface area contributed by atoms with Crippen LogP contribution in [-0.2, 0) is 9.84 Å². The quantitative estimate of drug-likeness (QED) is 0.725. The van der Waals surface area contributed by atoms with Crippen molar-refractivity contribution in [2.75, 3.05) is 0 Å². The van der Waals surface area contributed by atoms with Crippen LogP contribution in [0.5, 0.6) is 0 Å². The Kier molecular flexibility index (Phi) is 3.20. The first-order chi connectivity index (χ1) is 9.57. The minimum atomic E-state index is -3.58. The molecule has 0 saturated heterocycles. The van der Waals surface area contributed by atoms with Crippen LogP contribution < -0.4 is 0 Å². The standard InChI is InChI=1S/C15H10ClNO2S/c16-12-7-8-14-11(10-12)6-9-15(17-14)20(18,19)13-4-2-1-3-5-13/h1-10H. The van der Waals surface area contributed by atoms with Crippen LogP contribution in [0.15, 0.2) is 70.6 Å². The van der Waals surface area contributed by atoms with Crippen molar-refractivity contribution >= 4 is 32.3 Å². The third-order valence-corrected chi connectivity index (χ3v) is 4.86. The van der Waals surface area contributed by atoms with Gasteiger partial charge in [0.15, 0.2) is 5.03 Å². The molecule has 3 rings (SSSR count). The molecule has 1 aromatic heterocycles. The number of aromatic nitrogens is 1. The van der Waals surface area contributed by atoms with E-state index in [0.717, 1.165) is 5.39 Å². The number of hydrogen-bond acceptors (Lipinski definition) is 3. The summed E-state index contributed by atoms with van der Waals surface area (Å²) in [5.74, 6) is 0. The molecule has 0 N–H and O–H groups in total. The van der Waals surface area contributed by atoms with Crippen LogP contribution in [0.4, 0.5) is 0 Å². The lowest BCUT2D eigenvalue weighted by Crippen LogP contribution is -2.04. The van der Waals surface area contributed by atoms with Crippen molar-refractivity contribution in [1.82, 2.24) is 4.98 Å². The lowest BCUT2D eigenvalue weighted by molar-refractivity contribution is 0.593. The maximum Gasteiger partial charge on any atom is 0.223 e. The molecule has 1 heterocycles. The van der Waals surface area contributed by atoms with E-state index in [1.54, 1.807) is 54.6 Å². The highest BCUT2D eigenvalue weighted by Crippen LogP contribution is 2.23. The topological polar surface area (TPSA) is 47.0 Å². The molecule has 5 heteroatoms. The maximum atomic E-state index is 12.5. The van der Waals surface area contributed by atoms with Crippen molar-refractivity contribution in [2.45, 2.75) is 9.92 Å². The average Bonchev–Trinajstić information content (AvgIpc) is 2.47. The van der Waals surface area contributed by atoms with Gasteiger partial charge in [-0.2, -0.15) is 0 Å². The van der Waals surface area contributed by atoms with Crippen molar-refractivity contribution in [3.63, 3.8) is 0 Å². The molecule has 100 valence electrons. The molecule has 0 aliphatic carbocycles. The van der Waals surface area contributed by atoms with Gasteiger partial charge >= 0.3 is 0 Å². The molecule has 0 bridgehead atoms. The van der Waals surface area contributed by atoms with Crippen LogP contribution in [0.3, 0.4) is 0 Å². The molecule has 20 heavy (non-hydrogen) atoms. The Morgan fingerprint density at radius 2 is 1.65 bits per heavy atom. The summed E-state index contributed by atoms with van der Waals surface area (Å²) in [6, 6.07) is 16.6. The lowest BCUT2D eigenvalue weighted by atomic mass is 10.2. The minimum absolute atomic E-state index is 0.0403. The van der Waals surface area contributed by atoms with Gasteiger partial charge in [-0.25, -0.2) is 13.4 Å². The molecule has 3 aromatic rings. The highest BCUT2D eigenvalue weighted by molar-refractivity contribution is 7.91. The fourth-order valence-corrected chi connectivity index (χ4v) is 3.35. The number of halogens is 1. The summed E-state index contributed by atoms with van der Waals surface area (Å²) in [7, 11) is -3.58. The van der Waals surface area contributed by atoms with E-state index in [2.05, 4.69) is 4.98 Å². The Labute approximate surface area is 121 Å². The van der Waals surface area contributed by atoms with Gasteiger partial charge < -0.3 is 0 Å². The van der Waals surface area contributed by atoms with Gasteiger partial charge in [-0.15, -0.1) is 0 Å². The van der Waals surface area contributed by atoms with Gasteiger partial charge in [0.05, 0.1) is 10.4 Å². The second-order valence-corrected chi connectivity index (χ2v) is 6.64. The van der Waals surface area contributed by atoms with Gasteiger partial charge in [-0.3, -0.25) is 0 Å². The summed E-state index contributed by atoms with van der Waals surface area (Å²) < 4.78 is 24.9. The lowest BCUT2D eigenvalue weighted by Gasteiger charge is -2.05. The molecule has 0 fully saturated rings. The monoisotopic (exact) mass is 303 g/mol. The third-order valence-electron chi connectivity index (χ3n) is 2.95. The van der Waals surface area contributed by atoms with Crippen molar-refractivity contribution in [3.05, 3.63) is 65.7 Å². The van der Waals surface area contributed by atoms with Crippen molar-refractivity contribution < 1.29 is 8.42 Å². The van der Waals surface area contributed by atoms with Gasteiger partial charge in [0, 0.05) is 10.4 Å². The number of sulfone groups is 1. The van der Waals surface area contributed by atoms with E-state index in [0.29, 0.717) is 10.5 Å². The number of nitrogens with zero attached hydrogens (tertiary/aromatic N) is 1. The molecule has 0 radical (unpaired) electrons. The van der Waals surface area contributed by atoms with E-state index < -0.39 is 9.84 Å². The summed E-state index contributed by atoms with van der Waals surface area (Å²) in [6.07, 6.45) is 0. The zero-order valence-electron chi connectivity index (χ0n) is 10.3. The van der Waals surface area contributed by atoms with Crippen LogP contribution >= 0.6 is 11.6 Å². The first kappa shape index (κ1) is 13.1. The van der Waals surface area contributed by atoms with Crippen LogP contribution in [0, 0.1) is 0 Å². The molecule has 0 atom stereocenters. The van der Waals surface area contributed by atoms with Crippen LogP contribution in [-0.4, -0.2) is 13.4 Å². The Bertz CT molecular complexity index is 877. The van der Waals surface area contributed by atoms with Gasteiger partial charge in [0.25, 0.3) is 0 Å². The Hall–Kier alpha value is -1.91. The van der Waals surface area contributed by atoms with Gasteiger partial charge in [-0.05, 0) is 42.5 Å². The Morgan fingerprint density at radius 3 is 2.40 bits per heavy atom. The van der Waals surface area contributed by atoms with Crippen molar-refractivity contribution in [3.8, 4) is 0 Å². The first-order valence-corrected chi connectivity index (χ1v) is 7.80. The van der Waals surface area contributed by atoms with Crippen LogP contribution in [0.2, 0.25) is 5.02 Å². The summed E-state index contributed by atoms with van der Waals surface area (Å²) in [5, 5.41) is 1.45. The fraction of sp³-hybridized carbons (Fsp3) is 0. The molecule has 3 nitrogen and oxygen atoms in total. The number of rotatable bonds is 2. The number of benzene rings is 2. The van der Waals surface area contributed by atoms with Gasteiger partial charge in [0.1, 0.15) is 0 Å². The minimum Gasteiger partial charge on any atom is -0.236 e. The summed E-state index contributed by atoms with van der Waals surface area (Å²) in [5.41, 5.74) is 0.603. The molecular formula is C15H10ClNO2S. The highest BCUT2D eigenvalue weighted by atomic mass is 35.5. The zero-order valence-corrected chi connectivity index (χ0v) is 11.9. The first-order valence-electron chi connectivity index (χ1n) is 5.94. The summed E-state index contributed by atoms with van der Waals surface area (Å²) in [6.45, 7) is 0. The molecule has 0 unspecified atom stereocenters. The number of hydrogen-bond donors (Lipinski definition) is 0. The molecular weight excluding hydrogens is 294 g/mol. The molecule has 0 aliphatic heterocycles. The maximum absolute atomic E-state index is 12.5. The molecule has 0 saturated carbocycles. The SMILES string of the molecule is O=S(=O)(c1ccccc1)c1ccc2cc(Cl)ccc2n1. The zero-order chi connectivity index (χ0) is 14.2. The Balaban J connectivity index is 2.18. The predicted molar refractivity (Wildman–Crippen MR) is 78.6 cm³/mol. The van der Waals surface area contributed by atoms with E-state index >= 15 is 0 Å². The summed E-state index contributed by atoms with van der Waals surface area (Å²) in [4.78, 5) is 4.45. The third kappa shape index (κ3) is 2.28. The van der Waals surface area contributed by atoms with Crippen molar-refractivity contribution in [2.24, 2.45) is 0 Å². The molecule has 2 aromatic carbocycles. The smallest absolute Gasteiger partial charge is 0.223 e. The van der Waals surface area contributed by atoms with E-state index in [1.165, 1.54) is 6.07 Å². The second-order valence-electron chi connectivity index (χ2n) is 4.30. The summed E-state index contributed by atoms with van der Waals surface area (Å²) >= 11 is 5.90. The molecule has 0 aliphatic rings. The largest absolute Gasteiger partial charge is 0.236 e. The average molecular weight is 304 g/mol. The van der Waals surface area contributed by atoms with E-state index in [1.807, 2.05) is 0 Å². The number of pyridine rings is 1. The highest BCUT2D eigenvalue weighted by Gasteiger charge is 2.18. The van der Waals surface area contributed by atoms with Crippen LogP contribution in [0.1, 0.15) is 0 Å².